The number of hydrogen-bond acceptors (Lipinski definition) is 4. The van der Waals surface area contributed by atoms with Gasteiger partial charge in [0.05, 0.1) is 17.4 Å². The van der Waals surface area contributed by atoms with Crippen molar-refractivity contribution in [1.82, 2.24) is 9.66 Å². The second-order valence-corrected chi connectivity index (χ2v) is 6.46. The van der Waals surface area contributed by atoms with Crippen molar-refractivity contribution in [1.29, 1.82) is 0 Å². The average molecular weight is 357 g/mol. The van der Waals surface area contributed by atoms with Crippen LogP contribution in [-0.4, -0.2) is 14.8 Å². The minimum atomic E-state index is -0.143. The van der Waals surface area contributed by atoms with Gasteiger partial charge < -0.3 is 10.5 Å². The highest BCUT2D eigenvalue weighted by atomic mass is 16.3. The van der Waals surface area contributed by atoms with Crippen molar-refractivity contribution in [2.75, 3.05) is 5.43 Å². The molecule has 0 fully saturated rings. The normalized spacial score (nSPS) is 10.9. The molecule has 0 saturated carbocycles. The molecule has 0 radical (unpaired) electrons. The fraction of sp³-hybridized carbons (Fsp3) is 0.0909. The van der Waals surface area contributed by atoms with Crippen LogP contribution in [0.5, 0.6) is 5.75 Å². The molecule has 0 aliphatic carbocycles. The Labute approximate surface area is 156 Å². The summed E-state index contributed by atoms with van der Waals surface area (Å²) in [4.78, 5) is 17.8. The molecule has 1 aromatic heterocycles. The molecule has 0 aliphatic rings. The van der Waals surface area contributed by atoms with E-state index in [-0.39, 0.29) is 11.3 Å². The topological polar surface area (TPSA) is 67.2 Å². The Morgan fingerprint density at radius 2 is 1.78 bits per heavy atom. The molecular formula is C22H19N3O2. The van der Waals surface area contributed by atoms with Gasteiger partial charge in [0.2, 0.25) is 0 Å². The number of para-hydroxylation sites is 1. The van der Waals surface area contributed by atoms with Crippen LogP contribution in [0.4, 0.5) is 0 Å². The lowest BCUT2D eigenvalue weighted by Crippen LogP contribution is -2.31. The first-order valence-corrected chi connectivity index (χ1v) is 8.72. The van der Waals surface area contributed by atoms with Crippen molar-refractivity contribution in [2.24, 2.45) is 0 Å². The van der Waals surface area contributed by atoms with Crippen LogP contribution in [0.1, 0.15) is 11.1 Å². The Hall–Kier alpha value is -3.60. The molecule has 0 saturated heterocycles. The number of rotatable bonds is 4. The maximum absolute atomic E-state index is 13.1. The maximum atomic E-state index is 13.1. The summed E-state index contributed by atoms with van der Waals surface area (Å²) in [5, 5.41) is 10.00. The third-order valence-electron chi connectivity index (χ3n) is 4.43. The monoisotopic (exact) mass is 357 g/mol. The lowest BCUT2D eigenvalue weighted by molar-refractivity contribution is 0.475. The third-order valence-corrected chi connectivity index (χ3v) is 4.43. The number of benzene rings is 3. The molecule has 0 aliphatic heterocycles. The largest absolute Gasteiger partial charge is 0.508 e. The van der Waals surface area contributed by atoms with Crippen molar-refractivity contribution >= 4 is 10.9 Å². The van der Waals surface area contributed by atoms with Gasteiger partial charge in [-0.2, -0.15) is 0 Å². The van der Waals surface area contributed by atoms with Crippen LogP contribution in [0.15, 0.2) is 77.6 Å². The number of nitrogens with one attached hydrogen (secondary N) is 1. The van der Waals surface area contributed by atoms with Gasteiger partial charge >= 0.3 is 0 Å². The first-order chi connectivity index (χ1) is 13.1. The van der Waals surface area contributed by atoms with E-state index in [4.69, 9.17) is 4.98 Å². The number of nitrogens with zero attached hydrogens (tertiary/aromatic N) is 2. The molecule has 2 N–H and O–H groups in total. The van der Waals surface area contributed by atoms with Crippen molar-refractivity contribution < 1.29 is 5.11 Å². The van der Waals surface area contributed by atoms with Gasteiger partial charge in [-0.3, -0.25) is 4.79 Å². The zero-order valence-corrected chi connectivity index (χ0v) is 14.9. The van der Waals surface area contributed by atoms with Gasteiger partial charge in [-0.25, -0.2) is 9.66 Å². The van der Waals surface area contributed by atoms with Crippen molar-refractivity contribution in [3.8, 4) is 17.1 Å². The predicted molar refractivity (Wildman–Crippen MR) is 107 cm³/mol. The molecule has 0 bridgehead atoms. The highest BCUT2D eigenvalue weighted by Gasteiger charge is 2.13. The fourth-order valence-electron chi connectivity index (χ4n) is 3.04. The molecule has 1 heterocycles. The standard InChI is InChI=1S/C22H19N3O2/c1-15-5-4-6-17(13-15)21-24-20-8-3-2-7-19(20)22(27)25(21)23-14-16-9-11-18(26)12-10-16/h2-13,23,26H,14H2,1H3. The van der Waals surface area contributed by atoms with Crippen molar-refractivity contribution in [2.45, 2.75) is 13.5 Å². The molecule has 0 atom stereocenters. The predicted octanol–water partition coefficient (Wildman–Crippen LogP) is 3.82. The molecule has 0 unspecified atom stereocenters. The quantitative estimate of drug-likeness (QED) is 0.583. The van der Waals surface area contributed by atoms with Crippen LogP contribution in [0.3, 0.4) is 0 Å². The lowest BCUT2D eigenvalue weighted by atomic mass is 10.1. The summed E-state index contributed by atoms with van der Waals surface area (Å²) in [6, 6.07) is 22.1. The minimum Gasteiger partial charge on any atom is -0.508 e. The molecule has 4 aromatic rings. The van der Waals surface area contributed by atoms with Gasteiger partial charge in [0.15, 0.2) is 5.82 Å². The molecule has 134 valence electrons. The molecule has 27 heavy (non-hydrogen) atoms. The molecule has 0 spiro atoms. The number of hydrogen-bond donors (Lipinski definition) is 2. The van der Waals surface area contributed by atoms with E-state index in [0.29, 0.717) is 23.3 Å². The van der Waals surface area contributed by atoms with Gasteiger partial charge in [-0.05, 0) is 42.8 Å². The van der Waals surface area contributed by atoms with Gasteiger partial charge in [-0.15, -0.1) is 0 Å². The van der Waals surface area contributed by atoms with Crippen molar-refractivity contribution in [3.63, 3.8) is 0 Å². The van der Waals surface area contributed by atoms with Gasteiger partial charge in [0.25, 0.3) is 5.56 Å². The fourth-order valence-corrected chi connectivity index (χ4v) is 3.04. The second-order valence-electron chi connectivity index (χ2n) is 6.46. The first kappa shape index (κ1) is 16.8. The van der Waals surface area contributed by atoms with E-state index in [1.54, 1.807) is 18.2 Å². The van der Waals surface area contributed by atoms with E-state index >= 15 is 0 Å². The van der Waals surface area contributed by atoms with Gasteiger partial charge in [0, 0.05) is 5.56 Å². The van der Waals surface area contributed by atoms with E-state index < -0.39 is 0 Å². The van der Waals surface area contributed by atoms with Crippen LogP contribution in [0.25, 0.3) is 22.3 Å². The number of aromatic nitrogens is 2. The zero-order valence-electron chi connectivity index (χ0n) is 14.9. The smallest absolute Gasteiger partial charge is 0.280 e. The number of fused-ring (bicyclic) bond motifs is 1. The molecule has 3 aromatic carbocycles. The minimum absolute atomic E-state index is 0.143. The molecule has 5 heteroatoms. The van der Waals surface area contributed by atoms with Crippen LogP contribution in [0.2, 0.25) is 0 Å². The van der Waals surface area contributed by atoms with Crippen molar-refractivity contribution in [3.05, 3.63) is 94.3 Å². The molecule has 5 nitrogen and oxygen atoms in total. The number of aromatic hydroxyl groups is 1. The Morgan fingerprint density at radius 3 is 2.56 bits per heavy atom. The molecule has 0 amide bonds. The number of phenols is 1. The summed E-state index contributed by atoms with van der Waals surface area (Å²) in [6.07, 6.45) is 0. The average Bonchev–Trinajstić information content (AvgIpc) is 2.68. The highest BCUT2D eigenvalue weighted by Crippen LogP contribution is 2.19. The summed E-state index contributed by atoms with van der Waals surface area (Å²) < 4.78 is 1.50. The lowest BCUT2D eigenvalue weighted by Gasteiger charge is -2.16. The van der Waals surface area contributed by atoms with Crippen LogP contribution < -0.4 is 11.0 Å². The van der Waals surface area contributed by atoms with E-state index in [1.807, 2.05) is 61.5 Å². The highest BCUT2D eigenvalue weighted by molar-refractivity contribution is 5.79. The van der Waals surface area contributed by atoms with E-state index in [9.17, 15) is 9.90 Å². The number of phenolic OH excluding ortho intramolecular Hbond substituents is 1. The summed E-state index contributed by atoms with van der Waals surface area (Å²) in [5.74, 6) is 0.782. The summed E-state index contributed by atoms with van der Waals surface area (Å²) in [6.45, 7) is 2.44. The van der Waals surface area contributed by atoms with Crippen LogP contribution in [-0.2, 0) is 6.54 Å². The Bertz CT molecular complexity index is 1160. The SMILES string of the molecule is Cc1cccc(-c2nc3ccccc3c(=O)n2NCc2ccc(O)cc2)c1. The van der Waals surface area contributed by atoms with Crippen LogP contribution >= 0.6 is 0 Å². The zero-order chi connectivity index (χ0) is 18.8. The van der Waals surface area contributed by atoms with Crippen LogP contribution in [0, 0.1) is 6.92 Å². The molecule has 4 rings (SSSR count). The number of aryl methyl sites for hydroxylation is 1. The Morgan fingerprint density at radius 1 is 1.00 bits per heavy atom. The van der Waals surface area contributed by atoms with E-state index in [1.165, 1.54) is 4.68 Å². The Balaban J connectivity index is 1.83. The summed E-state index contributed by atoms with van der Waals surface area (Å²) >= 11 is 0. The van der Waals surface area contributed by atoms with Gasteiger partial charge in [-0.1, -0.05) is 48.0 Å². The first-order valence-electron chi connectivity index (χ1n) is 8.72. The second kappa shape index (κ2) is 6.96. The van der Waals surface area contributed by atoms with E-state index in [2.05, 4.69) is 5.43 Å². The third kappa shape index (κ3) is 3.40. The Kier molecular flexibility index (Phi) is 4.34. The summed E-state index contributed by atoms with van der Waals surface area (Å²) in [7, 11) is 0. The maximum Gasteiger partial charge on any atom is 0.280 e. The van der Waals surface area contributed by atoms with Gasteiger partial charge in [0.1, 0.15) is 5.75 Å². The van der Waals surface area contributed by atoms with E-state index in [0.717, 1.165) is 16.7 Å². The molecular weight excluding hydrogens is 338 g/mol. The summed E-state index contributed by atoms with van der Waals surface area (Å²) in [5.41, 5.74) is 6.63.